The van der Waals surface area contributed by atoms with E-state index in [0.29, 0.717) is 23.0 Å². The average molecular weight is 1180 g/mol. The summed E-state index contributed by atoms with van der Waals surface area (Å²) in [5, 5.41) is 5.13. The Hall–Kier alpha value is -10.00. The Morgan fingerprint density at radius 3 is 0.759 bits per heavy atom. The van der Waals surface area contributed by atoms with E-state index in [1.54, 1.807) is 0 Å². The first-order valence-corrected chi connectivity index (χ1v) is 35.6. The molecule has 2 aliphatic heterocycles. The molecule has 2 heterocycles. The number of hydrogen-bond donors (Lipinski definition) is 0. The number of benzene rings is 10. The average Bonchev–Trinajstić information content (AvgIpc) is 1.58. The minimum atomic E-state index is -2.87. The van der Waals surface area contributed by atoms with Crippen molar-refractivity contribution in [1.82, 2.24) is 0 Å². The van der Waals surface area contributed by atoms with Crippen molar-refractivity contribution in [2.24, 2.45) is 0 Å². The summed E-state index contributed by atoms with van der Waals surface area (Å²) in [6, 6.07) is 101. The van der Waals surface area contributed by atoms with Crippen LogP contribution in [0.25, 0.3) is 43.1 Å². The predicted octanol–water partition coefficient (Wildman–Crippen LogP) is 18.3. The Labute approximate surface area is 517 Å². The van der Waals surface area contributed by atoms with E-state index < -0.39 is 16.1 Å². The van der Waals surface area contributed by atoms with Crippen LogP contribution in [0.4, 0.5) is 0 Å². The zero-order valence-electron chi connectivity index (χ0n) is 48.6. The highest BCUT2D eigenvalue weighted by molar-refractivity contribution is 7.99. The molecule has 0 atom stereocenters. The Morgan fingerprint density at radius 1 is 0.310 bits per heavy atom. The van der Waals surface area contributed by atoms with Crippen LogP contribution in [-0.2, 0) is 9.59 Å². The van der Waals surface area contributed by atoms with E-state index in [9.17, 15) is 9.59 Å². The molecule has 12 rings (SSSR count). The van der Waals surface area contributed by atoms with Gasteiger partial charge in [-0.1, -0.05) is 268 Å². The summed E-state index contributed by atoms with van der Waals surface area (Å²) >= 11 is 1.52. The zero-order chi connectivity index (χ0) is 59.4. The number of ether oxygens (including phenoxy) is 2. The van der Waals surface area contributed by atoms with Crippen LogP contribution in [0.3, 0.4) is 0 Å². The number of carbonyl (C=O) groups is 2. The van der Waals surface area contributed by atoms with Crippen LogP contribution in [0.1, 0.15) is 68.5 Å². The van der Waals surface area contributed by atoms with Gasteiger partial charge in [-0.2, -0.15) is 11.8 Å². The Bertz CT molecular complexity index is 3870. The van der Waals surface area contributed by atoms with E-state index in [1.165, 1.54) is 77.1 Å². The summed E-state index contributed by atoms with van der Waals surface area (Å²) in [5.41, 5.74) is 23.8. The van der Waals surface area contributed by atoms with Gasteiger partial charge in [0.05, 0.1) is 12.8 Å². The fraction of sp³-hybridized carbons (Fsp3) is 0.0750. The molecule has 0 saturated carbocycles. The standard InChI is InChI=1S/C80H62O4SSi2/c1-86(77(65-35-19-7-20-36-65)73(61-27-11-3-12-28-61)74(62-29-13-4-14-30-62)78(86)66-37-21-8-22-38-66)57-53-59-43-47-69(48-44-59)83-71(81)51-55-85-56-52-72(82)84-70-49-45-60(46-50-70)54-58-87(2)79(67-39-23-9-24-40-67)75(63-31-15-5-16-32-63)76(64-33-17-6-18-34-64)80(87)68-41-25-10-26-42-68/h3-50H,51-52,55-56H2,1-2H3. The van der Waals surface area contributed by atoms with E-state index in [2.05, 4.69) is 279 Å². The normalized spacial score (nSPS) is 14.0. The van der Waals surface area contributed by atoms with E-state index in [-0.39, 0.29) is 24.8 Å². The van der Waals surface area contributed by atoms with Gasteiger partial charge in [-0.3, -0.25) is 9.59 Å². The molecule has 10 aromatic carbocycles. The lowest BCUT2D eigenvalue weighted by Crippen LogP contribution is -2.31. The highest BCUT2D eigenvalue weighted by Crippen LogP contribution is 2.57. The van der Waals surface area contributed by atoms with Gasteiger partial charge < -0.3 is 9.47 Å². The number of carbonyl (C=O) groups excluding carboxylic acids is 2. The molecule has 7 heteroatoms. The van der Waals surface area contributed by atoms with Gasteiger partial charge in [-0.15, -0.1) is 11.1 Å². The van der Waals surface area contributed by atoms with Gasteiger partial charge in [0.25, 0.3) is 0 Å². The molecule has 0 aromatic heterocycles. The number of allylic oxidation sites excluding steroid dienone is 4. The lowest BCUT2D eigenvalue weighted by Gasteiger charge is -2.25. The first kappa shape index (κ1) is 57.4. The third-order valence-electron chi connectivity index (χ3n) is 16.0. The lowest BCUT2D eigenvalue weighted by atomic mass is 9.89. The Morgan fingerprint density at radius 2 is 0.529 bits per heavy atom. The fourth-order valence-electron chi connectivity index (χ4n) is 12.1. The van der Waals surface area contributed by atoms with Crippen molar-refractivity contribution in [2.75, 3.05) is 11.5 Å². The first-order valence-electron chi connectivity index (χ1n) is 29.4. The summed E-state index contributed by atoms with van der Waals surface area (Å²) in [4.78, 5) is 26.2. The number of esters is 2. The van der Waals surface area contributed by atoms with Crippen LogP contribution in [0.2, 0.25) is 13.1 Å². The van der Waals surface area contributed by atoms with Gasteiger partial charge in [-0.25, -0.2) is 0 Å². The molecule has 0 spiro atoms. The van der Waals surface area contributed by atoms with Crippen LogP contribution < -0.4 is 9.47 Å². The van der Waals surface area contributed by atoms with Gasteiger partial charge in [0, 0.05) is 22.6 Å². The second-order valence-electron chi connectivity index (χ2n) is 21.8. The monoisotopic (exact) mass is 1170 g/mol. The largest absolute Gasteiger partial charge is 0.427 e. The summed E-state index contributed by atoms with van der Waals surface area (Å²) in [7, 11) is -5.73. The van der Waals surface area contributed by atoms with Gasteiger partial charge >= 0.3 is 11.9 Å². The predicted molar refractivity (Wildman–Crippen MR) is 366 cm³/mol. The summed E-state index contributed by atoms with van der Waals surface area (Å²) in [6.07, 6.45) is 0.386. The number of thioether (sulfide) groups is 1. The van der Waals surface area contributed by atoms with Crippen LogP contribution in [0.15, 0.2) is 291 Å². The van der Waals surface area contributed by atoms with Crippen molar-refractivity contribution in [3.63, 3.8) is 0 Å². The minimum Gasteiger partial charge on any atom is -0.427 e. The van der Waals surface area contributed by atoms with Crippen LogP contribution in [-0.4, -0.2) is 39.6 Å². The van der Waals surface area contributed by atoms with Gasteiger partial charge in [0.2, 0.25) is 0 Å². The molecule has 2 aliphatic rings. The maximum Gasteiger partial charge on any atom is 0.312 e. The van der Waals surface area contributed by atoms with Crippen LogP contribution in [0, 0.1) is 22.9 Å². The Balaban J connectivity index is 0.697. The maximum atomic E-state index is 13.1. The van der Waals surface area contributed by atoms with Crippen molar-refractivity contribution in [2.45, 2.75) is 25.9 Å². The molecule has 10 aromatic rings. The second-order valence-corrected chi connectivity index (χ2v) is 30.0. The molecule has 0 N–H and O–H groups in total. The molecule has 0 fully saturated rings. The fourth-order valence-corrected chi connectivity index (χ4v) is 20.8. The van der Waals surface area contributed by atoms with Crippen molar-refractivity contribution in [1.29, 1.82) is 0 Å². The van der Waals surface area contributed by atoms with Gasteiger partial charge in [0.15, 0.2) is 16.1 Å². The first-order chi connectivity index (χ1) is 42.7. The third-order valence-corrected chi connectivity index (χ3v) is 24.4. The third kappa shape index (κ3) is 12.6. The zero-order valence-corrected chi connectivity index (χ0v) is 51.4. The molecule has 0 radical (unpaired) electrons. The SMILES string of the molecule is C[Si]1(C#Cc2ccc(OC(=O)CCSCCC(=O)Oc3ccc(C#C[Si]4(C)C(c5ccccc5)=C(c5ccccc5)C(c5ccccc5)=C4c4ccccc4)cc3)cc2)C(c2ccccc2)=C(c2ccccc2)C(c2ccccc2)=C1c1ccccc1. The highest BCUT2D eigenvalue weighted by Gasteiger charge is 2.48. The van der Waals surface area contributed by atoms with E-state index in [1.807, 2.05) is 48.5 Å². The van der Waals surface area contributed by atoms with E-state index >= 15 is 0 Å². The van der Waals surface area contributed by atoms with Crippen LogP contribution in [0.5, 0.6) is 11.5 Å². The Kier molecular flexibility index (Phi) is 17.5. The molecular weight excluding hydrogens is 1110 g/mol. The molecule has 420 valence electrons. The topological polar surface area (TPSA) is 52.6 Å². The number of hydrogen-bond acceptors (Lipinski definition) is 5. The van der Waals surface area contributed by atoms with Crippen molar-refractivity contribution in [3.05, 3.63) is 347 Å². The molecular formula is C80H62O4SSi2. The molecule has 87 heavy (non-hydrogen) atoms. The molecule has 0 amide bonds. The van der Waals surface area contributed by atoms with E-state index in [4.69, 9.17) is 9.47 Å². The van der Waals surface area contributed by atoms with Crippen molar-refractivity contribution < 1.29 is 19.1 Å². The summed E-state index contributed by atoms with van der Waals surface area (Å²) < 4.78 is 11.6. The maximum absolute atomic E-state index is 13.1. The van der Waals surface area contributed by atoms with Gasteiger partial charge in [-0.05, 0) is 136 Å². The molecule has 0 unspecified atom stereocenters. The molecule has 4 nitrogen and oxygen atoms in total. The lowest BCUT2D eigenvalue weighted by molar-refractivity contribution is -0.134. The second kappa shape index (κ2) is 26.5. The van der Waals surface area contributed by atoms with Gasteiger partial charge in [0.1, 0.15) is 11.5 Å². The molecule has 0 saturated heterocycles. The molecule has 0 bridgehead atoms. The minimum absolute atomic E-state index is 0.193. The van der Waals surface area contributed by atoms with Crippen LogP contribution >= 0.6 is 11.8 Å². The smallest absolute Gasteiger partial charge is 0.312 e. The van der Waals surface area contributed by atoms with Crippen molar-refractivity contribution >= 4 is 82.9 Å². The quantitative estimate of drug-likeness (QED) is 0.0317. The summed E-state index contributed by atoms with van der Waals surface area (Å²) in [5.74, 6) is 8.48. The highest BCUT2D eigenvalue weighted by atomic mass is 32.2. The molecule has 0 aliphatic carbocycles. The summed E-state index contributed by atoms with van der Waals surface area (Å²) in [6.45, 7) is 4.77. The van der Waals surface area contributed by atoms with E-state index in [0.717, 1.165) is 33.4 Å². The number of rotatable bonds is 16. The van der Waals surface area contributed by atoms with Crippen molar-refractivity contribution in [3.8, 4) is 34.4 Å².